The first kappa shape index (κ1) is 14.5. The van der Waals surface area contributed by atoms with E-state index in [0.29, 0.717) is 12.6 Å². The van der Waals surface area contributed by atoms with E-state index in [1.54, 1.807) is 0 Å². The Kier molecular flexibility index (Phi) is 4.97. The summed E-state index contributed by atoms with van der Waals surface area (Å²) in [5.41, 5.74) is 0.923. The summed E-state index contributed by atoms with van der Waals surface area (Å²) in [5, 5.41) is 5.23. The highest BCUT2D eigenvalue weighted by Gasteiger charge is 2.00. The average Bonchev–Trinajstić information content (AvgIpc) is 3.07. The van der Waals surface area contributed by atoms with Crippen LogP contribution >= 0.6 is 0 Å². The summed E-state index contributed by atoms with van der Waals surface area (Å²) < 4.78 is 7.60. The normalized spacial score (nSPS) is 10.9. The lowest BCUT2D eigenvalue weighted by Gasteiger charge is -2.05. The summed E-state index contributed by atoms with van der Waals surface area (Å²) in [5.74, 6) is 0. The van der Waals surface area contributed by atoms with Crippen LogP contribution in [0.5, 0.6) is 6.01 Å². The second-order valence-electron chi connectivity index (χ2n) is 5.24. The number of rotatable bonds is 8. The lowest BCUT2D eigenvalue weighted by atomic mass is 10.2. The van der Waals surface area contributed by atoms with E-state index in [0.717, 1.165) is 36.7 Å². The van der Waals surface area contributed by atoms with Crippen LogP contribution in [0.25, 0.3) is 10.9 Å². The van der Waals surface area contributed by atoms with Gasteiger partial charge in [0.15, 0.2) is 0 Å². The molecule has 0 aliphatic carbocycles. The molecular formula is C17H20N4O. The van der Waals surface area contributed by atoms with Crippen molar-refractivity contribution in [2.24, 2.45) is 0 Å². The van der Waals surface area contributed by atoms with Crippen LogP contribution in [0.3, 0.4) is 0 Å². The SMILES string of the molecule is c1ccc2nc(OCCCCCCn3cccn3)ncc2c1. The molecule has 0 aliphatic heterocycles. The van der Waals surface area contributed by atoms with Crippen molar-refractivity contribution in [1.82, 2.24) is 19.7 Å². The molecular weight excluding hydrogens is 276 g/mol. The molecule has 3 rings (SSSR count). The smallest absolute Gasteiger partial charge is 0.316 e. The van der Waals surface area contributed by atoms with Crippen molar-refractivity contribution in [3.05, 3.63) is 48.9 Å². The van der Waals surface area contributed by atoms with Gasteiger partial charge >= 0.3 is 6.01 Å². The van der Waals surface area contributed by atoms with Crippen molar-refractivity contribution in [2.45, 2.75) is 32.2 Å². The van der Waals surface area contributed by atoms with Crippen LogP contribution in [0.1, 0.15) is 25.7 Å². The van der Waals surface area contributed by atoms with Crippen molar-refractivity contribution in [1.29, 1.82) is 0 Å². The van der Waals surface area contributed by atoms with E-state index >= 15 is 0 Å². The Labute approximate surface area is 130 Å². The van der Waals surface area contributed by atoms with E-state index in [-0.39, 0.29) is 0 Å². The van der Waals surface area contributed by atoms with Crippen LogP contribution < -0.4 is 4.74 Å². The van der Waals surface area contributed by atoms with Gasteiger partial charge in [0.05, 0.1) is 12.1 Å². The van der Waals surface area contributed by atoms with Gasteiger partial charge in [0.2, 0.25) is 0 Å². The van der Waals surface area contributed by atoms with Crippen molar-refractivity contribution in [2.75, 3.05) is 6.61 Å². The molecule has 114 valence electrons. The van der Waals surface area contributed by atoms with E-state index < -0.39 is 0 Å². The van der Waals surface area contributed by atoms with Gasteiger partial charge in [0, 0.05) is 30.5 Å². The fourth-order valence-corrected chi connectivity index (χ4v) is 2.35. The van der Waals surface area contributed by atoms with Gasteiger partial charge in [-0.1, -0.05) is 24.6 Å². The topological polar surface area (TPSA) is 52.8 Å². The number of fused-ring (bicyclic) bond motifs is 1. The van der Waals surface area contributed by atoms with Gasteiger partial charge in [-0.15, -0.1) is 0 Å². The summed E-state index contributed by atoms with van der Waals surface area (Å²) in [7, 11) is 0. The number of hydrogen-bond acceptors (Lipinski definition) is 4. The Morgan fingerprint density at radius 1 is 1.00 bits per heavy atom. The molecule has 1 aromatic carbocycles. The maximum Gasteiger partial charge on any atom is 0.316 e. The highest BCUT2D eigenvalue weighted by molar-refractivity contribution is 5.77. The van der Waals surface area contributed by atoms with Gasteiger partial charge < -0.3 is 4.74 Å². The van der Waals surface area contributed by atoms with Crippen molar-refractivity contribution in [3.63, 3.8) is 0 Å². The largest absolute Gasteiger partial charge is 0.463 e. The Bertz CT molecular complexity index is 697. The zero-order chi connectivity index (χ0) is 15.0. The van der Waals surface area contributed by atoms with Gasteiger partial charge in [-0.25, -0.2) is 4.98 Å². The van der Waals surface area contributed by atoms with Crippen LogP contribution in [-0.2, 0) is 6.54 Å². The molecule has 0 amide bonds. The molecule has 2 heterocycles. The number of hydrogen-bond donors (Lipinski definition) is 0. The number of nitrogens with zero attached hydrogens (tertiary/aromatic N) is 4. The van der Waals surface area contributed by atoms with Crippen LogP contribution in [0.2, 0.25) is 0 Å². The molecule has 0 spiro atoms. The minimum absolute atomic E-state index is 0.468. The Morgan fingerprint density at radius 2 is 1.91 bits per heavy atom. The Hall–Kier alpha value is -2.43. The molecule has 0 atom stereocenters. The molecule has 5 nitrogen and oxygen atoms in total. The van der Waals surface area contributed by atoms with E-state index in [9.17, 15) is 0 Å². The standard InChI is InChI=1S/C17H20N4O/c1(5-11-21-12-7-10-19-21)2-6-13-22-17-18-14-15-8-3-4-9-16(15)20-17/h3-4,7-10,12,14H,1-2,5-6,11,13H2. The highest BCUT2D eigenvalue weighted by atomic mass is 16.5. The highest BCUT2D eigenvalue weighted by Crippen LogP contribution is 2.13. The Balaban J connectivity index is 1.34. The molecule has 0 saturated carbocycles. The first-order valence-electron chi connectivity index (χ1n) is 7.74. The van der Waals surface area contributed by atoms with E-state index in [4.69, 9.17) is 4.74 Å². The van der Waals surface area contributed by atoms with Crippen LogP contribution in [-0.4, -0.2) is 26.4 Å². The molecule has 5 heteroatoms. The van der Waals surface area contributed by atoms with Gasteiger partial charge in [-0.2, -0.15) is 10.1 Å². The molecule has 0 N–H and O–H groups in total. The second kappa shape index (κ2) is 7.54. The van der Waals surface area contributed by atoms with Crippen molar-refractivity contribution < 1.29 is 4.74 Å². The molecule has 3 aromatic rings. The number of benzene rings is 1. The maximum absolute atomic E-state index is 5.63. The van der Waals surface area contributed by atoms with E-state index in [1.165, 1.54) is 6.42 Å². The molecule has 0 bridgehead atoms. The Morgan fingerprint density at radius 3 is 2.82 bits per heavy atom. The average molecular weight is 296 g/mol. The molecule has 0 saturated heterocycles. The minimum Gasteiger partial charge on any atom is -0.463 e. The zero-order valence-corrected chi connectivity index (χ0v) is 12.6. The van der Waals surface area contributed by atoms with Gasteiger partial charge in [0.25, 0.3) is 0 Å². The summed E-state index contributed by atoms with van der Waals surface area (Å²) in [6, 6.07) is 10.3. The minimum atomic E-state index is 0.468. The van der Waals surface area contributed by atoms with Crippen LogP contribution in [0.15, 0.2) is 48.9 Å². The van der Waals surface area contributed by atoms with Crippen LogP contribution in [0.4, 0.5) is 0 Å². The van der Waals surface area contributed by atoms with Crippen LogP contribution in [0, 0.1) is 0 Å². The maximum atomic E-state index is 5.63. The predicted octanol–water partition coefficient (Wildman–Crippen LogP) is 3.47. The van der Waals surface area contributed by atoms with E-state index in [1.807, 2.05) is 53.6 Å². The fraction of sp³-hybridized carbons (Fsp3) is 0.353. The molecule has 0 radical (unpaired) electrons. The number of para-hydroxylation sites is 1. The first-order valence-corrected chi connectivity index (χ1v) is 7.74. The van der Waals surface area contributed by atoms with E-state index in [2.05, 4.69) is 15.1 Å². The van der Waals surface area contributed by atoms with Gasteiger partial charge in [-0.3, -0.25) is 4.68 Å². The molecule has 2 aromatic heterocycles. The van der Waals surface area contributed by atoms with Gasteiger partial charge in [-0.05, 0) is 31.4 Å². The fourth-order valence-electron chi connectivity index (χ4n) is 2.35. The molecule has 22 heavy (non-hydrogen) atoms. The molecule has 0 aliphatic rings. The lowest BCUT2D eigenvalue weighted by molar-refractivity contribution is 0.282. The van der Waals surface area contributed by atoms with Crippen molar-refractivity contribution in [3.8, 4) is 6.01 Å². The number of unbranched alkanes of at least 4 members (excludes halogenated alkanes) is 3. The van der Waals surface area contributed by atoms with Crippen molar-refractivity contribution >= 4 is 10.9 Å². The summed E-state index contributed by atoms with van der Waals surface area (Å²) in [4.78, 5) is 8.63. The monoisotopic (exact) mass is 296 g/mol. The molecule has 0 unspecified atom stereocenters. The first-order chi connectivity index (χ1) is 10.9. The molecule has 0 fully saturated rings. The number of ether oxygens (including phenoxy) is 1. The summed E-state index contributed by atoms with van der Waals surface area (Å²) in [6.07, 6.45) is 10.1. The third-order valence-electron chi connectivity index (χ3n) is 3.54. The third-order valence-corrected chi connectivity index (χ3v) is 3.54. The lowest BCUT2D eigenvalue weighted by Crippen LogP contribution is -2.02. The van der Waals surface area contributed by atoms with Gasteiger partial charge in [0.1, 0.15) is 0 Å². The third kappa shape index (κ3) is 4.04. The number of aryl methyl sites for hydroxylation is 1. The predicted molar refractivity (Wildman–Crippen MR) is 85.7 cm³/mol. The quantitative estimate of drug-likeness (QED) is 0.597. The second-order valence-corrected chi connectivity index (χ2v) is 5.24. The zero-order valence-electron chi connectivity index (χ0n) is 12.6. The summed E-state index contributed by atoms with van der Waals surface area (Å²) >= 11 is 0. The summed E-state index contributed by atoms with van der Waals surface area (Å²) in [6.45, 7) is 1.65. The number of aromatic nitrogens is 4.